The zero-order valence-electron chi connectivity index (χ0n) is 14.0. The van der Waals surface area contributed by atoms with Crippen molar-refractivity contribution in [3.63, 3.8) is 0 Å². The number of carbonyl (C=O) groups is 1. The van der Waals surface area contributed by atoms with E-state index in [1.54, 1.807) is 11.3 Å². The number of aromatic nitrogens is 1. The second-order valence-corrected chi connectivity index (χ2v) is 8.34. The van der Waals surface area contributed by atoms with E-state index in [1.807, 2.05) is 18.2 Å². The summed E-state index contributed by atoms with van der Waals surface area (Å²) in [6.07, 6.45) is 1.02. The van der Waals surface area contributed by atoms with Crippen molar-refractivity contribution in [2.75, 3.05) is 52.1 Å². The van der Waals surface area contributed by atoms with Crippen LogP contribution in [0.1, 0.15) is 6.42 Å². The van der Waals surface area contributed by atoms with Gasteiger partial charge in [0.15, 0.2) is 4.34 Å². The molecule has 0 radical (unpaired) electrons. The monoisotopic (exact) mass is 364 g/mol. The Balaban J connectivity index is 1.31. The molecule has 5 nitrogen and oxygen atoms in total. The number of nitrogens with one attached hydrogen (secondary N) is 1. The molecule has 2 heterocycles. The molecule has 1 saturated heterocycles. The predicted octanol–water partition coefficient (Wildman–Crippen LogP) is 2.14. The second kappa shape index (κ2) is 8.80. The van der Waals surface area contributed by atoms with Gasteiger partial charge in [-0.2, -0.15) is 0 Å². The fourth-order valence-corrected chi connectivity index (χ4v) is 4.59. The average Bonchev–Trinajstić information content (AvgIpc) is 3.01. The molecule has 1 aromatic heterocycles. The van der Waals surface area contributed by atoms with Gasteiger partial charge in [0.05, 0.1) is 16.0 Å². The van der Waals surface area contributed by atoms with Crippen LogP contribution in [-0.2, 0) is 4.79 Å². The highest BCUT2D eigenvalue weighted by molar-refractivity contribution is 8.01. The first-order chi connectivity index (χ1) is 11.7. The van der Waals surface area contributed by atoms with E-state index < -0.39 is 0 Å². The minimum Gasteiger partial charge on any atom is -0.355 e. The highest BCUT2D eigenvalue weighted by Crippen LogP contribution is 2.28. The van der Waals surface area contributed by atoms with Crippen molar-refractivity contribution in [3.05, 3.63) is 24.3 Å². The van der Waals surface area contributed by atoms with Crippen molar-refractivity contribution in [2.45, 2.75) is 10.8 Å². The number of hydrogen-bond acceptors (Lipinski definition) is 6. The summed E-state index contributed by atoms with van der Waals surface area (Å²) in [4.78, 5) is 21.3. The number of likely N-dealkylation sites (N-methyl/N-ethyl adjacent to an activating group) is 1. The Morgan fingerprint density at radius 1 is 1.29 bits per heavy atom. The summed E-state index contributed by atoms with van der Waals surface area (Å²) in [5.41, 5.74) is 1.01. The van der Waals surface area contributed by atoms with Gasteiger partial charge in [0.2, 0.25) is 5.91 Å². The maximum atomic E-state index is 12.0. The lowest BCUT2D eigenvalue weighted by molar-refractivity contribution is -0.118. The molecule has 1 aliphatic heterocycles. The third-order valence-electron chi connectivity index (χ3n) is 4.17. The zero-order chi connectivity index (χ0) is 16.8. The molecule has 1 N–H and O–H groups in total. The highest BCUT2D eigenvalue weighted by atomic mass is 32.2. The highest BCUT2D eigenvalue weighted by Gasteiger charge is 2.13. The van der Waals surface area contributed by atoms with Crippen LogP contribution in [0.5, 0.6) is 0 Å². The minimum absolute atomic E-state index is 0.0950. The summed E-state index contributed by atoms with van der Waals surface area (Å²) < 4.78 is 2.14. The summed E-state index contributed by atoms with van der Waals surface area (Å²) in [7, 11) is 2.17. The van der Waals surface area contributed by atoms with Gasteiger partial charge in [-0.05, 0) is 32.1 Å². The number of carbonyl (C=O) groups excluding carboxylic acids is 1. The van der Waals surface area contributed by atoms with E-state index in [0.717, 1.165) is 55.5 Å². The number of para-hydroxylation sites is 1. The molecular formula is C17H24N4OS2. The second-order valence-electron chi connectivity index (χ2n) is 6.08. The molecule has 3 rings (SSSR count). The SMILES string of the molecule is CN1CCN(CCCNC(=O)CSc2nc3ccccc3s2)CC1. The molecule has 24 heavy (non-hydrogen) atoms. The van der Waals surface area contributed by atoms with Crippen LogP contribution in [0.25, 0.3) is 10.2 Å². The molecule has 0 spiro atoms. The Morgan fingerprint density at radius 3 is 2.88 bits per heavy atom. The van der Waals surface area contributed by atoms with Crippen LogP contribution in [0.2, 0.25) is 0 Å². The number of nitrogens with zero attached hydrogens (tertiary/aromatic N) is 3. The molecule has 0 bridgehead atoms. The first kappa shape index (κ1) is 17.7. The van der Waals surface area contributed by atoms with E-state index in [2.05, 4.69) is 33.2 Å². The molecule has 1 amide bonds. The summed E-state index contributed by atoms with van der Waals surface area (Å²) in [6, 6.07) is 8.08. The van der Waals surface area contributed by atoms with Gasteiger partial charge in [-0.15, -0.1) is 11.3 Å². The molecule has 7 heteroatoms. The summed E-state index contributed by atoms with van der Waals surface area (Å²) in [6.45, 7) is 6.39. The van der Waals surface area contributed by atoms with Crippen LogP contribution in [0, 0.1) is 0 Å². The number of hydrogen-bond donors (Lipinski definition) is 1. The number of amides is 1. The van der Waals surface area contributed by atoms with Gasteiger partial charge in [-0.1, -0.05) is 23.9 Å². The lowest BCUT2D eigenvalue weighted by atomic mass is 10.3. The molecule has 0 saturated carbocycles. The van der Waals surface area contributed by atoms with Crippen LogP contribution in [-0.4, -0.2) is 72.8 Å². The molecule has 1 aliphatic rings. The number of thioether (sulfide) groups is 1. The van der Waals surface area contributed by atoms with Crippen molar-refractivity contribution in [1.29, 1.82) is 0 Å². The smallest absolute Gasteiger partial charge is 0.230 e. The third kappa shape index (κ3) is 5.17. The Hall–Kier alpha value is -1.15. The zero-order valence-corrected chi connectivity index (χ0v) is 15.7. The van der Waals surface area contributed by atoms with Crippen molar-refractivity contribution in [2.24, 2.45) is 0 Å². The van der Waals surface area contributed by atoms with Gasteiger partial charge in [-0.25, -0.2) is 4.98 Å². The van der Waals surface area contributed by atoms with E-state index in [4.69, 9.17) is 0 Å². The van der Waals surface area contributed by atoms with Gasteiger partial charge in [0.25, 0.3) is 0 Å². The van der Waals surface area contributed by atoms with E-state index in [0.29, 0.717) is 5.75 Å². The fourth-order valence-electron chi connectivity index (χ4n) is 2.69. The van der Waals surface area contributed by atoms with E-state index >= 15 is 0 Å². The van der Waals surface area contributed by atoms with Crippen LogP contribution < -0.4 is 5.32 Å². The minimum atomic E-state index is 0.0950. The van der Waals surface area contributed by atoms with Crippen LogP contribution >= 0.6 is 23.1 Å². The lowest BCUT2D eigenvalue weighted by Gasteiger charge is -2.32. The maximum Gasteiger partial charge on any atom is 0.230 e. The number of piperazine rings is 1. The third-order valence-corrected chi connectivity index (χ3v) is 6.35. The van der Waals surface area contributed by atoms with Crippen molar-refractivity contribution >= 4 is 39.2 Å². The topological polar surface area (TPSA) is 48.5 Å². The van der Waals surface area contributed by atoms with E-state index in [-0.39, 0.29) is 5.91 Å². The molecule has 2 aromatic rings. The van der Waals surface area contributed by atoms with E-state index in [9.17, 15) is 4.79 Å². The number of benzene rings is 1. The largest absolute Gasteiger partial charge is 0.355 e. The van der Waals surface area contributed by atoms with Crippen molar-refractivity contribution in [3.8, 4) is 0 Å². The normalized spacial score (nSPS) is 16.5. The predicted molar refractivity (Wildman–Crippen MR) is 102 cm³/mol. The van der Waals surface area contributed by atoms with Gasteiger partial charge >= 0.3 is 0 Å². The molecule has 0 aliphatic carbocycles. The molecule has 130 valence electrons. The Morgan fingerprint density at radius 2 is 2.08 bits per heavy atom. The van der Waals surface area contributed by atoms with Gasteiger partial charge < -0.3 is 15.1 Å². The van der Waals surface area contributed by atoms with Gasteiger partial charge in [0, 0.05) is 32.7 Å². The standard InChI is InChI=1S/C17H24N4OS2/c1-20-9-11-21(12-10-20)8-4-7-18-16(22)13-23-17-19-14-5-2-3-6-15(14)24-17/h2-3,5-6H,4,7-13H2,1H3,(H,18,22). The Kier molecular flexibility index (Phi) is 6.48. The number of thiazole rings is 1. The lowest BCUT2D eigenvalue weighted by Crippen LogP contribution is -2.45. The van der Waals surface area contributed by atoms with Gasteiger partial charge in [-0.3, -0.25) is 4.79 Å². The summed E-state index contributed by atoms with van der Waals surface area (Å²) in [5.74, 6) is 0.534. The van der Waals surface area contributed by atoms with Gasteiger partial charge in [0.1, 0.15) is 0 Å². The summed E-state index contributed by atoms with van der Waals surface area (Å²) >= 11 is 3.17. The van der Waals surface area contributed by atoms with Crippen molar-refractivity contribution < 1.29 is 4.79 Å². The quantitative estimate of drug-likeness (QED) is 0.603. The summed E-state index contributed by atoms with van der Waals surface area (Å²) in [5, 5.41) is 3.02. The molecule has 0 unspecified atom stereocenters. The molecule has 0 atom stereocenters. The number of fused-ring (bicyclic) bond motifs is 1. The molecule has 1 fully saturated rings. The van der Waals surface area contributed by atoms with E-state index in [1.165, 1.54) is 16.5 Å². The first-order valence-corrected chi connectivity index (χ1v) is 10.2. The fraction of sp³-hybridized carbons (Fsp3) is 0.529. The van der Waals surface area contributed by atoms with Crippen molar-refractivity contribution in [1.82, 2.24) is 20.1 Å². The first-order valence-electron chi connectivity index (χ1n) is 8.37. The van der Waals surface area contributed by atoms with Crippen LogP contribution in [0.4, 0.5) is 0 Å². The molecule has 1 aromatic carbocycles. The Labute approximate surface area is 151 Å². The van der Waals surface area contributed by atoms with Crippen LogP contribution in [0.15, 0.2) is 28.6 Å². The average molecular weight is 365 g/mol. The molecular weight excluding hydrogens is 340 g/mol. The maximum absolute atomic E-state index is 12.0. The van der Waals surface area contributed by atoms with Crippen LogP contribution in [0.3, 0.4) is 0 Å². The number of rotatable bonds is 7. The Bertz CT molecular complexity index is 634.